The molecule has 0 atom stereocenters. The standard InChI is InChI=1S/C53H33N3S/c1-4-15-34(16-5-1)37-22-14-23-39(31-37)52-54-51(36-19-8-3-9-20-36)55-53(56-52)40-27-28-46-48(33-40)57-50-47(32-38-21-10-11-24-42(38)49(46)50)45-30-29-41(35-17-6-2-7-18-35)43-25-12-13-26-44(43)45/h1-33H. The Bertz CT molecular complexity index is 3280. The molecule has 0 aliphatic rings. The molecule has 3 nitrogen and oxygen atoms in total. The van der Waals surface area contributed by atoms with Crippen LogP contribution in [0.1, 0.15) is 0 Å². The topological polar surface area (TPSA) is 38.7 Å². The van der Waals surface area contributed by atoms with Crippen molar-refractivity contribution in [2.45, 2.75) is 0 Å². The van der Waals surface area contributed by atoms with Gasteiger partial charge in [0.15, 0.2) is 17.5 Å². The van der Waals surface area contributed by atoms with E-state index in [0.717, 1.165) is 27.8 Å². The van der Waals surface area contributed by atoms with Crippen LogP contribution >= 0.6 is 11.3 Å². The Kier molecular flexibility index (Phi) is 8.01. The molecule has 2 heterocycles. The zero-order chi connectivity index (χ0) is 37.7. The summed E-state index contributed by atoms with van der Waals surface area (Å²) >= 11 is 1.85. The number of hydrogen-bond acceptors (Lipinski definition) is 4. The van der Waals surface area contributed by atoms with Gasteiger partial charge in [-0.25, -0.2) is 15.0 Å². The molecule has 0 amide bonds. The Morgan fingerprint density at radius 3 is 1.54 bits per heavy atom. The van der Waals surface area contributed by atoms with Crippen molar-refractivity contribution < 1.29 is 0 Å². The van der Waals surface area contributed by atoms with Gasteiger partial charge in [0, 0.05) is 42.4 Å². The first-order valence-corrected chi connectivity index (χ1v) is 20.0. The lowest BCUT2D eigenvalue weighted by atomic mass is 9.90. The number of nitrogens with zero attached hydrogens (tertiary/aromatic N) is 3. The van der Waals surface area contributed by atoms with Crippen LogP contribution in [0, 0.1) is 0 Å². The van der Waals surface area contributed by atoms with Crippen LogP contribution in [0.2, 0.25) is 0 Å². The third-order valence-corrected chi connectivity index (χ3v) is 12.1. The van der Waals surface area contributed by atoms with Crippen LogP contribution in [0.5, 0.6) is 0 Å². The molecule has 0 aliphatic heterocycles. The Morgan fingerprint density at radius 2 is 0.825 bits per heavy atom. The highest BCUT2D eigenvalue weighted by molar-refractivity contribution is 7.26. The SMILES string of the molecule is c1ccc(-c2cccc(-c3nc(-c4ccccc4)nc(-c4ccc5c(c4)sc4c(-c6ccc(-c7ccccc7)c7ccccc67)cc6ccccc6c45)n3)c2)cc1. The second-order valence-electron chi connectivity index (χ2n) is 14.4. The van der Waals surface area contributed by atoms with Gasteiger partial charge >= 0.3 is 0 Å². The maximum atomic E-state index is 5.16. The van der Waals surface area contributed by atoms with Crippen LogP contribution in [-0.2, 0) is 0 Å². The first-order chi connectivity index (χ1) is 28.2. The molecule has 0 saturated carbocycles. The van der Waals surface area contributed by atoms with Crippen LogP contribution in [0.4, 0.5) is 0 Å². The summed E-state index contributed by atoms with van der Waals surface area (Å²) in [4.78, 5) is 15.3. The molecule has 0 fully saturated rings. The fraction of sp³-hybridized carbons (Fsp3) is 0. The molecule has 4 heteroatoms. The van der Waals surface area contributed by atoms with E-state index in [1.807, 2.05) is 35.6 Å². The van der Waals surface area contributed by atoms with Crippen molar-refractivity contribution in [1.82, 2.24) is 15.0 Å². The van der Waals surface area contributed by atoms with E-state index in [0.29, 0.717) is 17.5 Å². The highest BCUT2D eigenvalue weighted by atomic mass is 32.1. The van der Waals surface area contributed by atoms with Gasteiger partial charge in [0.2, 0.25) is 0 Å². The molecule has 0 spiro atoms. The minimum atomic E-state index is 0.646. The highest BCUT2D eigenvalue weighted by Crippen LogP contribution is 2.47. The van der Waals surface area contributed by atoms with Gasteiger partial charge in [-0.1, -0.05) is 182 Å². The van der Waals surface area contributed by atoms with Gasteiger partial charge < -0.3 is 0 Å². The average Bonchev–Trinajstić information content (AvgIpc) is 3.69. The van der Waals surface area contributed by atoms with E-state index in [1.165, 1.54) is 64.0 Å². The van der Waals surface area contributed by atoms with Crippen molar-refractivity contribution in [3.63, 3.8) is 0 Å². The van der Waals surface area contributed by atoms with Crippen LogP contribution in [0.3, 0.4) is 0 Å². The lowest BCUT2D eigenvalue weighted by Crippen LogP contribution is -2.00. The van der Waals surface area contributed by atoms with Crippen molar-refractivity contribution >= 4 is 53.1 Å². The second-order valence-corrected chi connectivity index (χ2v) is 15.4. The smallest absolute Gasteiger partial charge is 0.164 e. The first-order valence-electron chi connectivity index (χ1n) is 19.2. The van der Waals surface area contributed by atoms with Crippen LogP contribution in [-0.4, -0.2) is 15.0 Å². The molecule has 2 aromatic heterocycles. The molecule has 266 valence electrons. The molecule has 0 radical (unpaired) electrons. The normalized spacial score (nSPS) is 11.5. The summed E-state index contributed by atoms with van der Waals surface area (Å²) in [6, 6.07) is 71.0. The quantitative estimate of drug-likeness (QED) is 0.170. The van der Waals surface area contributed by atoms with Gasteiger partial charge in [0.05, 0.1) is 0 Å². The maximum Gasteiger partial charge on any atom is 0.164 e. The Labute approximate surface area is 334 Å². The van der Waals surface area contributed by atoms with Crippen LogP contribution in [0.25, 0.3) is 109 Å². The Hall–Kier alpha value is -7.27. The summed E-state index contributed by atoms with van der Waals surface area (Å²) in [5, 5.41) is 7.50. The largest absolute Gasteiger partial charge is 0.208 e. The third-order valence-electron chi connectivity index (χ3n) is 10.9. The fourth-order valence-corrected chi connectivity index (χ4v) is 9.47. The number of aromatic nitrogens is 3. The molecule has 57 heavy (non-hydrogen) atoms. The average molecular weight is 744 g/mol. The van der Waals surface area contributed by atoms with E-state index < -0.39 is 0 Å². The van der Waals surface area contributed by atoms with Crippen LogP contribution in [0.15, 0.2) is 200 Å². The lowest BCUT2D eigenvalue weighted by molar-refractivity contribution is 1.07. The van der Waals surface area contributed by atoms with E-state index in [4.69, 9.17) is 15.0 Å². The highest BCUT2D eigenvalue weighted by Gasteiger charge is 2.19. The molecular formula is C53H33N3S. The van der Waals surface area contributed by atoms with Crippen molar-refractivity contribution in [2.75, 3.05) is 0 Å². The number of fused-ring (bicyclic) bond motifs is 6. The summed E-state index contributed by atoms with van der Waals surface area (Å²) < 4.78 is 2.47. The minimum Gasteiger partial charge on any atom is -0.208 e. The van der Waals surface area contributed by atoms with E-state index in [9.17, 15) is 0 Å². The summed E-state index contributed by atoms with van der Waals surface area (Å²) in [6.07, 6.45) is 0. The Balaban J connectivity index is 1.11. The predicted octanol–water partition coefficient (Wildman–Crippen LogP) is 14.5. The number of rotatable bonds is 6. The molecule has 0 N–H and O–H groups in total. The van der Waals surface area contributed by atoms with E-state index in [2.05, 4.69) is 176 Å². The fourth-order valence-electron chi connectivity index (χ4n) is 8.19. The minimum absolute atomic E-state index is 0.646. The number of benzene rings is 9. The molecule has 9 aromatic carbocycles. The van der Waals surface area contributed by atoms with Gasteiger partial charge in [0.25, 0.3) is 0 Å². The lowest BCUT2D eigenvalue weighted by Gasteiger charge is -2.14. The molecule has 0 unspecified atom stereocenters. The van der Waals surface area contributed by atoms with Gasteiger partial charge in [-0.15, -0.1) is 11.3 Å². The zero-order valence-corrected chi connectivity index (χ0v) is 31.6. The van der Waals surface area contributed by atoms with Crippen molar-refractivity contribution in [2.24, 2.45) is 0 Å². The Morgan fingerprint density at radius 1 is 0.298 bits per heavy atom. The predicted molar refractivity (Wildman–Crippen MR) is 240 cm³/mol. The van der Waals surface area contributed by atoms with Crippen molar-refractivity contribution in [1.29, 1.82) is 0 Å². The van der Waals surface area contributed by atoms with Crippen LogP contribution < -0.4 is 0 Å². The van der Waals surface area contributed by atoms with E-state index >= 15 is 0 Å². The monoisotopic (exact) mass is 743 g/mol. The summed E-state index contributed by atoms with van der Waals surface area (Å²) in [5.41, 5.74) is 10.1. The van der Waals surface area contributed by atoms with Gasteiger partial charge in [-0.05, 0) is 67.6 Å². The molecule has 0 saturated heterocycles. The van der Waals surface area contributed by atoms with Crippen molar-refractivity contribution in [3.05, 3.63) is 200 Å². The van der Waals surface area contributed by atoms with Crippen molar-refractivity contribution in [3.8, 4) is 67.5 Å². The molecular weight excluding hydrogens is 711 g/mol. The molecule has 11 aromatic rings. The number of hydrogen-bond donors (Lipinski definition) is 0. The van der Waals surface area contributed by atoms with E-state index in [-0.39, 0.29) is 0 Å². The van der Waals surface area contributed by atoms with Gasteiger partial charge in [-0.3, -0.25) is 0 Å². The van der Waals surface area contributed by atoms with E-state index in [1.54, 1.807) is 0 Å². The number of thiophene rings is 1. The molecule has 0 aliphatic carbocycles. The zero-order valence-electron chi connectivity index (χ0n) is 30.8. The molecule has 0 bridgehead atoms. The third kappa shape index (κ3) is 5.86. The second kappa shape index (κ2) is 13.8. The summed E-state index contributed by atoms with van der Waals surface area (Å²) in [5.74, 6) is 1.94. The molecule has 11 rings (SSSR count). The van der Waals surface area contributed by atoms with Gasteiger partial charge in [-0.2, -0.15) is 0 Å². The summed E-state index contributed by atoms with van der Waals surface area (Å²) in [7, 11) is 0. The maximum absolute atomic E-state index is 5.16. The summed E-state index contributed by atoms with van der Waals surface area (Å²) in [6.45, 7) is 0. The van der Waals surface area contributed by atoms with Gasteiger partial charge in [0.1, 0.15) is 0 Å². The first kappa shape index (κ1) is 33.1.